The molecule has 118 valence electrons. The fourth-order valence-electron chi connectivity index (χ4n) is 1.84. The second-order valence-electron chi connectivity index (χ2n) is 4.86. The summed E-state index contributed by atoms with van der Waals surface area (Å²) in [5.74, 6) is -1.44. The lowest BCUT2D eigenvalue weighted by atomic mass is 10.1. The molecule has 0 heterocycles. The van der Waals surface area contributed by atoms with Crippen molar-refractivity contribution in [1.82, 2.24) is 4.31 Å². The molecule has 2 atom stereocenters. The maximum absolute atomic E-state index is 12.2. The summed E-state index contributed by atoms with van der Waals surface area (Å²) in [6.45, 7) is 1.33. The molecule has 0 saturated carbocycles. The number of rotatable bonds is 8. The van der Waals surface area contributed by atoms with Gasteiger partial charge in [0.15, 0.2) is 0 Å². The number of carboxylic acids is 1. The Bertz CT molecular complexity index is 558. The van der Waals surface area contributed by atoms with Gasteiger partial charge in [-0.25, -0.2) is 8.42 Å². The monoisotopic (exact) mass is 315 g/mol. The van der Waals surface area contributed by atoms with Gasteiger partial charge < -0.3 is 9.84 Å². The molecular formula is C14H21NO5S. The number of carbonyl (C=O) groups is 1. The summed E-state index contributed by atoms with van der Waals surface area (Å²) in [6, 6.07) is 8.29. The van der Waals surface area contributed by atoms with E-state index in [1.807, 2.05) is 30.3 Å². The molecule has 6 nitrogen and oxygen atoms in total. The first-order valence-electron chi connectivity index (χ1n) is 6.53. The molecule has 1 aromatic carbocycles. The number of aliphatic carboxylic acids is 1. The standard InChI is InChI=1S/C14H21NO5S/c1-11(14(16)17)15(2)21(18,19)10-13(20-3)9-12-7-5-4-6-8-12/h4-8,11,13H,9-10H2,1-3H3,(H,16,17). The van der Waals surface area contributed by atoms with E-state index in [9.17, 15) is 13.2 Å². The number of hydrogen-bond acceptors (Lipinski definition) is 4. The van der Waals surface area contributed by atoms with Gasteiger partial charge in [-0.1, -0.05) is 30.3 Å². The van der Waals surface area contributed by atoms with Crippen LogP contribution in [0.3, 0.4) is 0 Å². The van der Waals surface area contributed by atoms with Crippen molar-refractivity contribution in [2.75, 3.05) is 19.9 Å². The molecule has 1 rings (SSSR count). The Kier molecular flexibility index (Phi) is 6.32. The molecule has 0 amide bonds. The number of likely N-dealkylation sites (N-methyl/N-ethyl adjacent to an activating group) is 1. The lowest BCUT2D eigenvalue weighted by Crippen LogP contribution is -2.43. The van der Waals surface area contributed by atoms with E-state index >= 15 is 0 Å². The molecule has 0 saturated heterocycles. The third-order valence-electron chi connectivity index (χ3n) is 3.38. The minimum absolute atomic E-state index is 0.257. The zero-order chi connectivity index (χ0) is 16.0. The largest absolute Gasteiger partial charge is 0.480 e. The first-order chi connectivity index (χ1) is 9.77. The quantitative estimate of drug-likeness (QED) is 0.773. The van der Waals surface area contributed by atoms with E-state index < -0.39 is 28.1 Å². The van der Waals surface area contributed by atoms with Gasteiger partial charge in [-0.3, -0.25) is 4.79 Å². The normalized spacial score (nSPS) is 14.9. The van der Waals surface area contributed by atoms with Crippen molar-refractivity contribution in [2.24, 2.45) is 0 Å². The minimum atomic E-state index is -3.71. The number of ether oxygens (including phenoxy) is 1. The van der Waals surface area contributed by atoms with Crippen LogP contribution in [0.25, 0.3) is 0 Å². The Morgan fingerprint density at radius 3 is 2.38 bits per heavy atom. The Labute approximate surface area is 125 Å². The molecule has 1 N–H and O–H groups in total. The molecule has 0 aliphatic heterocycles. The van der Waals surface area contributed by atoms with Gasteiger partial charge >= 0.3 is 5.97 Å². The molecule has 1 aromatic rings. The van der Waals surface area contributed by atoms with Gasteiger partial charge in [-0.15, -0.1) is 0 Å². The summed E-state index contributed by atoms with van der Waals surface area (Å²) in [5.41, 5.74) is 0.966. The Morgan fingerprint density at radius 2 is 1.90 bits per heavy atom. The SMILES string of the molecule is COC(Cc1ccccc1)CS(=O)(=O)N(C)C(C)C(=O)O. The molecule has 7 heteroatoms. The first kappa shape index (κ1) is 17.6. The van der Waals surface area contributed by atoms with Crippen LogP contribution in [0.1, 0.15) is 12.5 Å². The van der Waals surface area contributed by atoms with Crippen molar-refractivity contribution >= 4 is 16.0 Å². The highest BCUT2D eigenvalue weighted by atomic mass is 32.2. The Hall–Kier alpha value is -1.44. The predicted octanol–water partition coefficient (Wildman–Crippen LogP) is 0.979. The highest BCUT2D eigenvalue weighted by Crippen LogP contribution is 2.12. The van der Waals surface area contributed by atoms with Crippen molar-refractivity contribution < 1.29 is 23.1 Å². The number of hydrogen-bond donors (Lipinski definition) is 1. The third-order valence-corrected chi connectivity index (χ3v) is 5.36. The molecule has 21 heavy (non-hydrogen) atoms. The van der Waals surface area contributed by atoms with Gasteiger partial charge in [0.05, 0.1) is 11.9 Å². The average molecular weight is 315 g/mol. The number of benzene rings is 1. The van der Waals surface area contributed by atoms with Gasteiger partial charge in [0.1, 0.15) is 6.04 Å². The van der Waals surface area contributed by atoms with Gasteiger partial charge in [-0.05, 0) is 18.9 Å². The lowest BCUT2D eigenvalue weighted by molar-refractivity contribution is -0.140. The molecule has 2 unspecified atom stereocenters. The van der Waals surface area contributed by atoms with Gasteiger partial charge in [0.2, 0.25) is 10.0 Å². The average Bonchev–Trinajstić information content (AvgIpc) is 2.45. The number of sulfonamides is 1. The fourth-order valence-corrected chi connectivity index (χ4v) is 3.37. The smallest absolute Gasteiger partial charge is 0.321 e. The lowest BCUT2D eigenvalue weighted by Gasteiger charge is -2.24. The molecule has 0 spiro atoms. The van der Waals surface area contributed by atoms with Crippen LogP contribution in [0.5, 0.6) is 0 Å². The van der Waals surface area contributed by atoms with Crippen LogP contribution in [0.15, 0.2) is 30.3 Å². The minimum Gasteiger partial charge on any atom is -0.480 e. The maximum Gasteiger partial charge on any atom is 0.321 e. The number of carboxylic acid groups (broad SMARTS) is 1. The van der Waals surface area contributed by atoms with Crippen LogP contribution in [0.4, 0.5) is 0 Å². The fraction of sp³-hybridized carbons (Fsp3) is 0.500. The second kappa shape index (κ2) is 7.53. The van der Waals surface area contributed by atoms with Crippen LogP contribution in [0, 0.1) is 0 Å². The summed E-state index contributed by atoms with van der Waals surface area (Å²) in [7, 11) is -0.993. The van der Waals surface area contributed by atoms with Crippen LogP contribution >= 0.6 is 0 Å². The van der Waals surface area contributed by atoms with E-state index in [4.69, 9.17) is 9.84 Å². The van der Waals surface area contributed by atoms with Crippen LogP contribution in [-0.4, -0.2) is 55.9 Å². The molecular weight excluding hydrogens is 294 g/mol. The van der Waals surface area contributed by atoms with Crippen molar-refractivity contribution in [3.63, 3.8) is 0 Å². The molecule has 0 radical (unpaired) electrons. The summed E-state index contributed by atoms with van der Waals surface area (Å²) < 4.78 is 30.5. The Morgan fingerprint density at radius 1 is 1.33 bits per heavy atom. The predicted molar refractivity (Wildman–Crippen MR) is 79.6 cm³/mol. The van der Waals surface area contributed by atoms with E-state index in [1.165, 1.54) is 21.1 Å². The topological polar surface area (TPSA) is 83.9 Å². The molecule has 0 aromatic heterocycles. The van der Waals surface area contributed by atoms with Crippen molar-refractivity contribution in [1.29, 1.82) is 0 Å². The van der Waals surface area contributed by atoms with Crippen molar-refractivity contribution in [3.8, 4) is 0 Å². The van der Waals surface area contributed by atoms with Gasteiger partial charge in [0, 0.05) is 14.2 Å². The van der Waals surface area contributed by atoms with E-state index in [0.717, 1.165) is 9.87 Å². The second-order valence-corrected chi connectivity index (χ2v) is 6.93. The summed E-state index contributed by atoms with van der Waals surface area (Å²) in [6.07, 6.45) is -0.0767. The first-order valence-corrected chi connectivity index (χ1v) is 8.14. The summed E-state index contributed by atoms with van der Waals surface area (Å²) in [5, 5.41) is 8.90. The van der Waals surface area contributed by atoms with E-state index in [-0.39, 0.29) is 5.75 Å². The Balaban J connectivity index is 2.78. The van der Waals surface area contributed by atoms with Crippen molar-refractivity contribution in [2.45, 2.75) is 25.5 Å². The van der Waals surface area contributed by atoms with Crippen LogP contribution in [-0.2, 0) is 26.0 Å². The van der Waals surface area contributed by atoms with Gasteiger partial charge in [-0.2, -0.15) is 4.31 Å². The molecule has 0 fully saturated rings. The molecule has 0 aliphatic rings. The van der Waals surface area contributed by atoms with Crippen LogP contribution < -0.4 is 0 Å². The van der Waals surface area contributed by atoms with E-state index in [2.05, 4.69) is 0 Å². The number of nitrogens with zero attached hydrogens (tertiary/aromatic N) is 1. The van der Waals surface area contributed by atoms with Crippen molar-refractivity contribution in [3.05, 3.63) is 35.9 Å². The van der Waals surface area contributed by atoms with Crippen LogP contribution in [0.2, 0.25) is 0 Å². The maximum atomic E-state index is 12.2. The highest BCUT2D eigenvalue weighted by molar-refractivity contribution is 7.89. The zero-order valence-electron chi connectivity index (χ0n) is 12.4. The zero-order valence-corrected chi connectivity index (χ0v) is 13.2. The third kappa shape index (κ3) is 5.11. The highest BCUT2D eigenvalue weighted by Gasteiger charge is 2.30. The summed E-state index contributed by atoms with van der Waals surface area (Å²) >= 11 is 0. The molecule has 0 aliphatic carbocycles. The summed E-state index contributed by atoms with van der Waals surface area (Å²) in [4.78, 5) is 10.9. The van der Waals surface area contributed by atoms with E-state index in [0.29, 0.717) is 6.42 Å². The number of methoxy groups -OCH3 is 1. The van der Waals surface area contributed by atoms with Gasteiger partial charge in [0.25, 0.3) is 0 Å². The molecule has 0 bridgehead atoms. The van der Waals surface area contributed by atoms with E-state index in [1.54, 1.807) is 0 Å².